The first-order valence-corrected chi connectivity index (χ1v) is 9.54. The van der Waals surface area contributed by atoms with Crippen LogP contribution in [0.25, 0.3) is 0 Å². The quantitative estimate of drug-likeness (QED) is 0.806. The van der Waals surface area contributed by atoms with Crippen molar-refractivity contribution in [3.8, 4) is 0 Å². The first-order chi connectivity index (χ1) is 10.1. The van der Waals surface area contributed by atoms with Crippen molar-refractivity contribution in [2.75, 3.05) is 19.6 Å². The van der Waals surface area contributed by atoms with Gasteiger partial charge < -0.3 is 5.32 Å². The molecule has 2 heteroatoms. The van der Waals surface area contributed by atoms with Crippen molar-refractivity contribution >= 4 is 0 Å². The number of hydrogen-bond donors (Lipinski definition) is 1. The normalized spacial score (nSPS) is 30.9. The summed E-state index contributed by atoms with van der Waals surface area (Å²) in [6.45, 7) is 13.4. The Bertz CT molecular complexity index is 292. The molecule has 1 aliphatic carbocycles. The molecule has 0 bridgehead atoms. The van der Waals surface area contributed by atoms with Crippen molar-refractivity contribution in [2.24, 2.45) is 11.8 Å². The molecular weight excluding hydrogens is 256 g/mol. The summed E-state index contributed by atoms with van der Waals surface area (Å²) in [4.78, 5) is 2.80. The molecule has 0 aromatic carbocycles. The monoisotopic (exact) mass is 294 g/mol. The molecule has 0 aromatic rings. The van der Waals surface area contributed by atoms with Crippen molar-refractivity contribution in [3.63, 3.8) is 0 Å². The highest BCUT2D eigenvalue weighted by Crippen LogP contribution is 2.36. The van der Waals surface area contributed by atoms with Gasteiger partial charge in [-0.25, -0.2) is 0 Å². The van der Waals surface area contributed by atoms with Crippen LogP contribution in [0.3, 0.4) is 0 Å². The fraction of sp³-hybridized carbons (Fsp3) is 1.00. The van der Waals surface area contributed by atoms with Gasteiger partial charge in [0.15, 0.2) is 0 Å². The molecule has 21 heavy (non-hydrogen) atoms. The van der Waals surface area contributed by atoms with Gasteiger partial charge in [-0.1, -0.05) is 39.5 Å². The highest BCUT2D eigenvalue weighted by Gasteiger charge is 2.40. The molecule has 1 N–H and O–H groups in total. The van der Waals surface area contributed by atoms with Gasteiger partial charge in [-0.3, -0.25) is 4.90 Å². The van der Waals surface area contributed by atoms with Crippen molar-refractivity contribution in [1.82, 2.24) is 10.2 Å². The second kappa shape index (κ2) is 7.97. The summed E-state index contributed by atoms with van der Waals surface area (Å²) < 4.78 is 0. The van der Waals surface area contributed by atoms with Gasteiger partial charge in [0.25, 0.3) is 0 Å². The smallest absolute Gasteiger partial charge is 0.0308 e. The predicted octanol–water partition coefficient (Wildman–Crippen LogP) is 4.45. The van der Waals surface area contributed by atoms with Crippen molar-refractivity contribution in [3.05, 3.63) is 0 Å². The van der Waals surface area contributed by atoms with E-state index in [1.807, 2.05) is 0 Å². The summed E-state index contributed by atoms with van der Waals surface area (Å²) in [7, 11) is 0. The Morgan fingerprint density at radius 3 is 2.29 bits per heavy atom. The second-order valence-corrected chi connectivity index (χ2v) is 8.12. The average molecular weight is 295 g/mol. The third-order valence-electron chi connectivity index (χ3n) is 6.05. The number of likely N-dealkylation sites (N-methyl/N-ethyl adjacent to an activating group) is 1. The van der Waals surface area contributed by atoms with Crippen molar-refractivity contribution in [2.45, 2.75) is 90.6 Å². The van der Waals surface area contributed by atoms with Gasteiger partial charge in [-0.05, 0) is 71.0 Å². The second-order valence-electron chi connectivity index (χ2n) is 8.12. The molecule has 3 atom stereocenters. The largest absolute Gasteiger partial charge is 0.312 e. The van der Waals surface area contributed by atoms with E-state index in [0.29, 0.717) is 11.6 Å². The number of nitrogens with one attached hydrogen (secondary N) is 1. The molecule has 1 saturated carbocycles. The molecule has 0 aromatic heterocycles. The lowest BCUT2D eigenvalue weighted by Gasteiger charge is -2.49. The number of likely N-dealkylation sites (tertiary alicyclic amines) is 1. The number of nitrogens with zero attached hydrogens (tertiary/aromatic N) is 1. The minimum atomic E-state index is 0.294. The van der Waals surface area contributed by atoms with E-state index in [-0.39, 0.29) is 0 Å². The lowest BCUT2D eigenvalue weighted by atomic mass is 9.72. The Morgan fingerprint density at radius 1 is 1.05 bits per heavy atom. The van der Waals surface area contributed by atoms with Gasteiger partial charge in [-0.15, -0.1) is 0 Å². The van der Waals surface area contributed by atoms with Gasteiger partial charge in [0.2, 0.25) is 0 Å². The molecular formula is C19H38N2. The number of rotatable bonds is 5. The van der Waals surface area contributed by atoms with Gasteiger partial charge in [0.05, 0.1) is 0 Å². The highest BCUT2D eigenvalue weighted by molar-refractivity contribution is 4.98. The third-order valence-corrected chi connectivity index (χ3v) is 6.05. The summed E-state index contributed by atoms with van der Waals surface area (Å²) in [5.41, 5.74) is 0.294. The van der Waals surface area contributed by atoms with E-state index in [2.05, 4.69) is 37.9 Å². The third kappa shape index (κ3) is 4.45. The predicted molar refractivity (Wildman–Crippen MR) is 92.7 cm³/mol. The van der Waals surface area contributed by atoms with E-state index in [1.54, 1.807) is 0 Å². The molecule has 1 heterocycles. The van der Waals surface area contributed by atoms with Crippen LogP contribution < -0.4 is 5.32 Å². The summed E-state index contributed by atoms with van der Waals surface area (Å²) >= 11 is 0. The first-order valence-electron chi connectivity index (χ1n) is 9.54. The molecule has 2 nitrogen and oxygen atoms in total. The topological polar surface area (TPSA) is 15.3 Å². The molecule has 1 saturated heterocycles. The maximum atomic E-state index is 3.89. The van der Waals surface area contributed by atoms with Gasteiger partial charge in [0.1, 0.15) is 0 Å². The molecule has 1 aliphatic heterocycles. The van der Waals surface area contributed by atoms with Crippen LogP contribution in [0.15, 0.2) is 0 Å². The summed E-state index contributed by atoms with van der Waals surface area (Å²) in [6.07, 6.45) is 11.4. The number of hydrogen-bond acceptors (Lipinski definition) is 2. The summed E-state index contributed by atoms with van der Waals surface area (Å²) in [6, 6.07) is 0.656. The van der Waals surface area contributed by atoms with Gasteiger partial charge >= 0.3 is 0 Å². The lowest BCUT2D eigenvalue weighted by molar-refractivity contribution is 0.0438. The zero-order valence-corrected chi connectivity index (χ0v) is 15.0. The van der Waals surface area contributed by atoms with Crippen LogP contribution in [0.4, 0.5) is 0 Å². The molecule has 2 fully saturated rings. The lowest BCUT2D eigenvalue weighted by Crippen LogP contribution is -2.61. The Kier molecular flexibility index (Phi) is 6.55. The fourth-order valence-electron chi connectivity index (χ4n) is 4.84. The van der Waals surface area contributed by atoms with Gasteiger partial charge in [0, 0.05) is 11.6 Å². The van der Waals surface area contributed by atoms with Gasteiger partial charge in [-0.2, -0.15) is 0 Å². The maximum Gasteiger partial charge on any atom is 0.0308 e. The molecule has 3 unspecified atom stereocenters. The minimum Gasteiger partial charge on any atom is -0.312 e. The first kappa shape index (κ1) is 17.3. The Balaban J connectivity index is 2.09. The molecule has 0 radical (unpaired) electrons. The van der Waals surface area contributed by atoms with Crippen molar-refractivity contribution < 1.29 is 0 Å². The fourth-order valence-corrected chi connectivity index (χ4v) is 4.84. The van der Waals surface area contributed by atoms with Crippen LogP contribution in [-0.2, 0) is 0 Å². The molecule has 0 amide bonds. The van der Waals surface area contributed by atoms with Crippen LogP contribution in [-0.4, -0.2) is 36.1 Å². The van der Waals surface area contributed by atoms with Crippen LogP contribution in [0.2, 0.25) is 0 Å². The van der Waals surface area contributed by atoms with Crippen LogP contribution >= 0.6 is 0 Å². The standard InChI is InChI=1S/C19H38N2/c1-5-20-18(17-12-10-11-16(2)15-17)19(3,4)21-13-8-6-7-9-14-21/h16-18,20H,5-15H2,1-4H3. The molecule has 2 rings (SSSR count). The highest BCUT2D eigenvalue weighted by atomic mass is 15.2. The zero-order chi connectivity index (χ0) is 15.3. The molecule has 2 aliphatic rings. The van der Waals surface area contributed by atoms with E-state index in [9.17, 15) is 0 Å². The van der Waals surface area contributed by atoms with E-state index in [1.165, 1.54) is 64.5 Å². The van der Waals surface area contributed by atoms with E-state index < -0.39 is 0 Å². The molecule has 124 valence electrons. The van der Waals surface area contributed by atoms with E-state index in [0.717, 1.165) is 18.4 Å². The Hall–Kier alpha value is -0.0800. The SMILES string of the molecule is CCNC(C1CCCC(C)C1)C(C)(C)N1CCCCCC1. The average Bonchev–Trinajstić information content (AvgIpc) is 2.74. The summed E-state index contributed by atoms with van der Waals surface area (Å²) in [5, 5.41) is 3.89. The Labute approximate surface area is 133 Å². The van der Waals surface area contributed by atoms with E-state index >= 15 is 0 Å². The minimum absolute atomic E-state index is 0.294. The van der Waals surface area contributed by atoms with Crippen LogP contribution in [0, 0.1) is 11.8 Å². The van der Waals surface area contributed by atoms with E-state index in [4.69, 9.17) is 0 Å². The zero-order valence-electron chi connectivity index (χ0n) is 15.0. The summed E-state index contributed by atoms with van der Waals surface area (Å²) in [5.74, 6) is 1.79. The Morgan fingerprint density at radius 2 is 1.71 bits per heavy atom. The van der Waals surface area contributed by atoms with Crippen molar-refractivity contribution in [1.29, 1.82) is 0 Å². The molecule has 0 spiro atoms. The van der Waals surface area contributed by atoms with Crippen LogP contribution in [0.5, 0.6) is 0 Å². The maximum absolute atomic E-state index is 3.89. The van der Waals surface area contributed by atoms with Crippen LogP contribution in [0.1, 0.15) is 79.1 Å².